The maximum Gasteiger partial charge on any atom is 0.123 e. The zero-order valence-electron chi connectivity index (χ0n) is 10.1. The summed E-state index contributed by atoms with van der Waals surface area (Å²) >= 11 is 0. The number of ether oxygens (including phenoxy) is 1. The molecule has 17 heavy (non-hydrogen) atoms. The SMILES string of the molecule is Fc1cccc(COCCC2CCNCC2)c1. The average molecular weight is 237 g/mol. The first kappa shape index (κ1) is 12.5. The summed E-state index contributed by atoms with van der Waals surface area (Å²) in [5.74, 6) is 0.605. The number of hydrogen-bond donors (Lipinski definition) is 1. The normalized spacial score (nSPS) is 17.2. The summed E-state index contributed by atoms with van der Waals surface area (Å²) in [5, 5.41) is 3.35. The minimum absolute atomic E-state index is 0.190. The molecule has 1 saturated heterocycles. The van der Waals surface area contributed by atoms with E-state index in [0.717, 1.165) is 37.6 Å². The van der Waals surface area contributed by atoms with Crippen molar-refractivity contribution in [3.8, 4) is 0 Å². The van der Waals surface area contributed by atoms with Crippen LogP contribution in [0.2, 0.25) is 0 Å². The van der Waals surface area contributed by atoms with Crippen LogP contribution in [0.1, 0.15) is 24.8 Å². The molecule has 1 aliphatic rings. The lowest BCUT2D eigenvalue weighted by molar-refractivity contribution is 0.102. The fraction of sp³-hybridized carbons (Fsp3) is 0.571. The van der Waals surface area contributed by atoms with E-state index in [2.05, 4.69) is 5.32 Å². The zero-order valence-corrected chi connectivity index (χ0v) is 10.1. The van der Waals surface area contributed by atoms with Crippen molar-refractivity contribution in [2.24, 2.45) is 5.92 Å². The summed E-state index contributed by atoms with van der Waals surface area (Å²) in [6.07, 6.45) is 3.63. The Labute approximate surface area is 102 Å². The van der Waals surface area contributed by atoms with Crippen LogP contribution in [0.5, 0.6) is 0 Å². The first-order valence-electron chi connectivity index (χ1n) is 6.37. The smallest absolute Gasteiger partial charge is 0.123 e. The predicted molar refractivity (Wildman–Crippen MR) is 66.3 cm³/mol. The molecule has 0 amide bonds. The van der Waals surface area contributed by atoms with Crippen molar-refractivity contribution in [2.75, 3.05) is 19.7 Å². The van der Waals surface area contributed by atoms with Gasteiger partial charge < -0.3 is 10.1 Å². The van der Waals surface area contributed by atoms with Crippen LogP contribution in [-0.4, -0.2) is 19.7 Å². The molecule has 0 saturated carbocycles. The average Bonchev–Trinajstić information content (AvgIpc) is 2.36. The lowest BCUT2D eigenvalue weighted by Gasteiger charge is -2.22. The summed E-state index contributed by atoms with van der Waals surface area (Å²) in [6, 6.07) is 6.61. The third-order valence-electron chi connectivity index (χ3n) is 3.29. The molecule has 1 N–H and O–H groups in total. The van der Waals surface area contributed by atoms with Crippen LogP contribution in [0.3, 0.4) is 0 Å². The van der Waals surface area contributed by atoms with Crippen LogP contribution in [0, 0.1) is 11.7 Å². The van der Waals surface area contributed by atoms with Crippen LogP contribution in [-0.2, 0) is 11.3 Å². The molecule has 0 spiro atoms. The van der Waals surface area contributed by atoms with Gasteiger partial charge in [-0.3, -0.25) is 0 Å². The Morgan fingerprint density at radius 1 is 1.29 bits per heavy atom. The van der Waals surface area contributed by atoms with E-state index in [4.69, 9.17) is 4.74 Å². The van der Waals surface area contributed by atoms with Crippen molar-refractivity contribution in [3.05, 3.63) is 35.6 Å². The van der Waals surface area contributed by atoms with Crippen molar-refractivity contribution in [1.82, 2.24) is 5.32 Å². The molecule has 2 rings (SSSR count). The first-order valence-corrected chi connectivity index (χ1v) is 6.37. The van der Waals surface area contributed by atoms with Crippen LogP contribution in [0.15, 0.2) is 24.3 Å². The molecule has 1 heterocycles. The Morgan fingerprint density at radius 2 is 2.12 bits per heavy atom. The monoisotopic (exact) mass is 237 g/mol. The summed E-state index contributed by atoms with van der Waals surface area (Å²) in [5.41, 5.74) is 0.912. The number of piperidine rings is 1. The van der Waals surface area contributed by atoms with Gasteiger partial charge in [0.05, 0.1) is 6.61 Å². The first-order chi connectivity index (χ1) is 8.34. The second-order valence-corrected chi connectivity index (χ2v) is 4.66. The van der Waals surface area contributed by atoms with E-state index in [1.54, 1.807) is 6.07 Å². The van der Waals surface area contributed by atoms with Gasteiger partial charge in [0, 0.05) is 6.61 Å². The molecule has 0 bridgehead atoms. The lowest BCUT2D eigenvalue weighted by atomic mass is 9.95. The molecule has 94 valence electrons. The van der Waals surface area contributed by atoms with Crippen molar-refractivity contribution >= 4 is 0 Å². The topological polar surface area (TPSA) is 21.3 Å². The van der Waals surface area contributed by atoms with Gasteiger partial charge in [-0.15, -0.1) is 0 Å². The minimum Gasteiger partial charge on any atom is -0.377 e. The zero-order chi connectivity index (χ0) is 11.9. The molecule has 0 unspecified atom stereocenters. The van der Waals surface area contributed by atoms with Gasteiger partial charge in [-0.05, 0) is 56.0 Å². The minimum atomic E-state index is -0.190. The number of nitrogens with one attached hydrogen (secondary N) is 1. The molecule has 2 nitrogen and oxygen atoms in total. The number of hydrogen-bond acceptors (Lipinski definition) is 2. The highest BCUT2D eigenvalue weighted by Crippen LogP contribution is 2.16. The van der Waals surface area contributed by atoms with E-state index in [9.17, 15) is 4.39 Å². The molecule has 1 aromatic carbocycles. The van der Waals surface area contributed by atoms with Crippen molar-refractivity contribution in [3.63, 3.8) is 0 Å². The largest absolute Gasteiger partial charge is 0.377 e. The molecule has 0 radical (unpaired) electrons. The molecule has 3 heteroatoms. The Balaban J connectivity index is 1.62. The van der Waals surface area contributed by atoms with Gasteiger partial charge >= 0.3 is 0 Å². The van der Waals surface area contributed by atoms with E-state index >= 15 is 0 Å². The Hall–Kier alpha value is -0.930. The molecular formula is C14H20FNO. The highest BCUT2D eigenvalue weighted by molar-refractivity contribution is 5.15. The van der Waals surface area contributed by atoms with E-state index in [0.29, 0.717) is 6.61 Å². The molecule has 0 aromatic heterocycles. The van der Waals surface area contributed by atoms with Gasteiger partial charge in [-0.25, -0.2) is 4.39 Å². The quantitative estimate of drug-likeness (QED) is 0.795. The van der Waals surface area contributed by atoms with Crippen molar-refractivity contribution in [1.29, 1.82) is 0 Å². The van der Waals surface area contributed by atoms with E-state index in [1.165, 1.54) is 25.0 Å². The Bertz CT molecular complexity index is 337. The number of benzene rings is 1. The predicted octanol–water partition coefficient (Wildman–Crippen LogP) is 2.73. The third-order valence-corrected chi connectivity index (χ3v) is 3.29. The van der Waals surface area contributed by atoms with Gasteiger partial charge in [-0.1, -0.05) is 12.1 Å². The van der Waals surface area contributed by atoms with Gasteiger partial charge in [0.15, 0.2) is 0 Å². The van der Waals surface area contributed by atoms with Gasteiger partial charge in [-0.2, -0.15) is 0 Å². The Kier molecular flexibility index (Phi) is 4.95. The van der Waals surface area contributed by atoms with Crippen LogP contribution < -0.4 is 5.32 Å². The molecule has 0 atom stereocenters. The fourth-order valence-corrected chi connectivity index (χ4v) is 2.24. The van der Waals surface area contributed by atoms with E-state index in [-0.39, 0.29) is 5.82 Å². The fourth-order valence-electron chi connectivity index (χ4n) is 2.24. The maximum absolute atomic E-state index is 12.9. The second-order valence-electron chi connectivity index (χ2n) is 4.66. The van der Waals surface area contributed by atoms with Gasteiger partial charge in [0.25, 0.3) is 0 Å². The highest BCUT2D eigenvalue weighted by Gasteiger charge is 2.12. The molecule has 0 aliphatic carbocycles. The van der Waals surface area contributed by atoms with Crippen molar-refractivity contribution < 1.29 is 9.13 Å². The summed E-state index contributed by atoms with van der Waals surface area (Å²) in [4.78, 5) is 0. The summed E-state index contributed by atoms with van der Waals surface area (Å²) in [7, 11) is 0. The van der Waals surface area contributed by atoms with Gasteiger partial charge in [0.2, 0.25) is 0 Å². The van der Waals surface area contributed by atoms with Crippen LogP contribution in [0.4, 0.5) is 4.39 Å². The molecular weight excluding hydrogens is 217 g/mol. The molecule has 1 fully saturated rings. The molecule has 1 aromatic rings. The van der Waals surface area contributed by atoms with Crippen molar-refractivity contribution in [2.45, 2.75) is 25.9 Å². The van der Waals surface area contributed by atoms with Gasteiger partial charge in [0.1, 0.15) is 5.82 Å². The lowest BCUT2D eigenvalue weighted by Crippen LogP contribution is -2.28. The third kappa shape index (κ3) is 4.44. The second kappa shape index (κ2) is 6.72. The number of rotatable bonds is 5. The standard InChI is InChI=1S/C14H20FNO/c15-14-3-1-2-13(10-14)11-17-9-6-12-4-7-16-8-5-12/h1-3,10,12,16H,4-9,11H2. The maximum atomic E-state index is 12.9. The van der Waals surface area contributed by atoms with E-state index in [1.807, 2.05) is 6.07 Å². The van der Waals surface area contributed by atoms with Crippen LogP contribution >= 0.6 is 0 Å². The summed E-state index contributed by atoms with van der Waals surface area (Å²) < 4.78 is 18.5. The molecule has 1 aliphatic heterocycles. The Morgan fingerprint density at radius 3 is 2.88 bits per heavy atom. The summed E-state index contributed by atoms with van der Waals surface area (Å²) in [6.45, 7) is 3.56. The van der Waals surface area contributed by atoms with Crippen LogP contribution in [0.25, 0.3) is 0 Å². The van der Waals surface area contributed by atoms with E-state index < -0.39 is 0 Å². The highest BCUT2D eigenvalue weighted by atomic mass is 19.1. The number of halogens is 1.